The van der Waals surface area contributed by atoms with Crippen molar-refractivity contribution in [3.63, 3.8) is 0 Å². The van der Waals surface area contributed by atoms with Crippen molar-refractivity contribution >= 4 is 56.7 Å². The molecule has 0 saturated carbocycles. The standard InChI is InChI=1S/C22H21N5O2S3/c1-5-10-27-20(29)17-13(3)14(4)31-19(17)25-22(27)30-11-16(28)23-21-24-18(32-26-21)15-8-6-12(2)7-9-15/h5-9H,1,10-11H2,2-4H3,(H,23,26,28). The van der Waals surface area contributed by atoms with Crippen LogP contribution in [-0.4, -0.2) is 30.6 Å². The Morgan fingerprint density at radius 2 is 1.97 bits per heavy atom. The number of thioether (sulfide) groups is 1. The van der Waals surface area contributed by atoms with Gasteiger partial charge in [0, 0.05) is 17.0 Å². The van der Waals surface area contributed by atoms with Gasteiger partial charge in [-0.3, -0.25) is 19.5 Å². The van der Waals surface area contributed by atoms with Gasteiger partial charge in [-0.25, -0.2) is 4.98 Å². The minimum atomic E-state index is -0.263. The Hall–Kier alpha value is -2.82. The second-order valence-electron chi connectivity index (χ2n) is 7.19. The van der Waals surface area contributed by atoms with E-state index in [2.05, 4.69) is 26.2 Å². The Morgan fingerprint density at radius 1 is 1.22 bits per heavy atom. The highest BCUT2D eigenvalue weighted by molar-refractivity contribution is 7.99. The van der Waals surface area contributed by atoms with E-state index in [0.717, 1.165) is 21.0 Å². The second kappa shape index (κ2) is 9.35. The normalized spacial score (nSPS) is 11.1. The summed E-state index contributed by atoms with van der Waals surface area (Å²) in [7, 11) is 0. The second-order valence-corrected chi connectivity index (χ2v) is 10.1. The lowest BCUT2D eigenvalue weighted by Gasteiger charge is -2.10. The van der Waals surface area contributed by atoms with Gasteiger partial charge in [-0.15, -0.1) is 17.9 Å². The number of nitrogens with one attached hydrogen (secondary N) is 1. The average molecular weight is 484 g/mol. The third kappa shape index (κ3) is 4.52. The van der Waals surface area contributed by atoms with Crippen LogP contribution in [0.2, 0.25) is 0 Å². The fraction of sp³-hybridized carbons (Fsp3) is 0.227. The number of carbonyl (C=O) groups is 1. The van der Waals surface area contributed by atoms with Gasteiger partial charge in [0.1, 0.15) is 9.84 Å². The third-order valence-electron chi connectivity index (χ3n) is 4.87. The molecule has 164 valence electrons. The molecule has 0 unspecified atom stereocenters. The quantitative estimate of drug-likeness (QED) is 0.230. The van der Waals surface area contributed by atoms with Crippen LogP contribution in [0.15, 0.2) is 46.9 Å². The molecule has 4 aromatic rings. The molecule has 0 aliphatic carbocycles. The van der Waals surface area contributed by atoms with E-state index < -0.39 is 0 Å². The number of benzene rings is 1. The number of rotatable bonds is 7. The monoisotopic (exact) mass is 483 g/mol. The SMILES string of the molecule is C=CCn1c(SCC(=O)Nc2nsc(-c3ccc(C)cc3)n2)nc2sc(C)c(C)c2c1=O. The van der Waals surface area contributed by atoms with E-state index in [4.69, 9.17) is 0 Å². The number of allylic oxidation sites excluding steroid dienone is 1. The zero-order chi connectivity index (χ0) is 22.8. The van der Waals surface area contributed by atoms with Crippen LogP contribution in [0.1, 0.15) is 16.0 Å². The molecule has 0 radical (unpaired) electrons. The number of aromatic nitrogens is 4. The van der Waals surface area contributed by atoms with Crippen molar-refractivity contribution in [2.45, 2.75) is 32.5 Å². The number of nitrogens with zero attached hydrogens (tertiary/aromatic N) is 4. The van der Waals surface area contributed by atoms with Crippen LogP contribution < -0.4 is 10.9 Å². The molecule has 0 aliphatic rings. The number of carbonyl (C=O) groups excluding carboxylic acids is 1. The lowest BCUT2D eigenvalue weighted by molar-refractivity contribution is -0.113. The van der Waals surface area contributed by atoms with Gasteiger partial charge in [0.15, 0.2) is 5.16 Å². The van der Waals surface area contributed by atoms with Crippen LogP contribution in [0.5, 0.6) is 0 Å². The van der Waals surface area contributed by atoms with Crippen molar-refractivity contribution < 1.29 is 4.79 Å². The van der Waals surface area contributed by atoms with Crippen molar-refractivity contribution in [3.05, 3.63) is 63.3 Å². The van der Waals surface area contributed by atoms with Gasteiger partial charge in [0.05, 0.1) is 11.1 Å². The van der Waals surface area contributed by atoms with E-state index in [0.29, 0.717) is 21.9 Å². The van der Waals surface area contributed by atoms with Crippen molar-refractivity contribution in [2.75, 3.05) is 11.1 Å². The summed E-state index contributed by atoms with van der Waals surface area (Å²) in [6.45, 7) is 10.00. The molecule has 1 aromatic carbocycles. The molecule has 1 amide bonds. The smallest absolute Gasteiger partial charge is 0.263 e. The summed E-state index contributed by atoms with van der Waals surface area (Å²) >= 11 is 3.93. The van der Waals surface area contributed by atoms with Crippen LogP contribution in [-0.2, 0) is 11.3 Å². The molecule has 3 aromatic heterocycles. The van der Waals surface area contributed by atoms with Gasteiger partial charge in [-0.05, 0) is 37.9 Å². The Bertz CT molecular complexity index is 1370. The number of thiophene rings is 1. The molecular formula is C22H21N5O2S3. The van der Waals surface area contributed by atoms with Crippen LogP contribution in [0, 0.1) is 20.8 Å². The largest absolute Gasteiger partial charge is 0.293 e. The molecule has 32 heavy (non-hydrogen) atoms. The van der Waals surface area contributed by atoms with E-state index in [1.54, 1.807) is 10.6 Å². The summed E-state index contributed by atoms with van der Waals surface area (Å²) in [5.74, 6) is 0.0891. The van der Waals surface area contributed by atoms with Crippen LogP contribution in [0.3, 0.4) is 0 Å². The highest BCUT2D eigenvalue weighted by Gasteiger charge is 2.17. The first-order valence-electron chi connectivity index (χ1n) is 9.82. The highest BCUT2D eigenvalue weighted by atomic mass is 32.2. The van der Waals surface area contributed by atoms with E-state index in [1.165, 1.54) is 40.2 Å². The molecule has 3 heterocycles. The number of anilines is 1. The van der Waals surface area contributed by atoms with Gasteiger partial charge in [-0.2, -0.15) is 9.36 Å². The Morgan fingerprint density at radius 3 is 2.69 bits per heavy atom. The first-order chi connectivity index (χ1) is 15.4. The van der Waals surface area contributed by atoms with Gasteiger partial charge >= 0.3 is 0 Å². The fourth-order valence-corrected chi connectivity index (χ4v) is 5.59. The lowest BCUT2D eigenvalue weighted by Crippen LogP contribution is -2.23. The Kier molecular flexibility index (Phi) is 6.54. The molecule has 1 N–H and O–H groups in total. The zero-order valence-electron chi connectivity index (χ0n) is 17.8. The Balaban J connectivity index is 1.49. The van der Waals surface area contributed by atoms with Crippen molar-refractivity contribution in [2.24, 2.45) is 0 Å². The van der Waals surface area contributed by atoms with E-state index in [-0.39, 0.29) is 23.2 Å². The maximum Gasteiger partial charge on any atom is 0.263 e. The van der Waals surface area contributed by atoms with E-state index >= 15 is 0 Å². The summed E-state index contributed by atoms with van der Waals surface area (Å²) in [6.07, 6.45) is 1.65. The molecule has 0 atom stereocenters. The van der Waals surface area contributed by atoms with E-state index in [1.807, 2.05) is 45.0 Å². The molecule has 4 rings (SSSR count). The summed E-state index contributed by atoms with van der Waals surface area (Å²) in [6, 6.07) is 7.97. The molecule has 10 heteroatoms. The number of aryl methyl sites for hydroxylation is 3. The Labute approximate surface area is 197 Å². The lowest BCUT2D eigenvalue weighted by atomic mass is 10.2. The first-order valence-corrected chi connectivity index (χ1v) is 12.4. The molecule has 0 spiro atoms. The number of amides is 1. The van der Waals surface area contributed by atoms with Gasteiger partial charge in [-0.1, -0.05) is 47.7 Å². The maximum absolute atomic E-state index is 13.0. The van der Waals surface area contributed by atoms with Gasteiger partial charge in [0.25, 0.3) is 5.56 Å². The zero-order valence-corrected chi connectivity index (χ0v) is 20.3. The van der Waals surface area contributed by atoms with Crippen molar-refractivity contribution in [3.8, 4) is 10.6 Å². The van der Waals surface area contributed by atoms with Crippen molar-refractivity contribution in [1.29, 1.82) is 0 Å². The summed E-state index contributed by atoms with van der Waals surface area (Å²) in [5.41, 5.74) is 2.96. The topological polar surface area (TPSA) is 89.8 Å². The van der Waals surface area contributed by atoms with E-state index in [9.17, 15) is 9.59 Å². The third-order valence-corrected chi connectivity index (χ3v) is 7.72. The van der Waals surface area contributed by atoms with Gasteiger partial charge in [0.2, 0.25) is 11.9 Å². The molecule has 0 bridgehead atoms. The first kappa shape index (κ1) is 22.4. The molecule has 0 fully saturated rings. The minimum Gasteiger partial charge on any atom is -0.293 e. The summed E-state index contributed by atoms with van der Waals surface area (Å²) < 4.78 is 5.79. The van der Waals surface area contributed by atoms with Crippen LogP contribution in [0.4, 0.5) is 5.95 Å². The molecule has 0 aliphatic heterocycles. The minimum absolute atomic E-state index is 0.0809. The average Bonchev–Trinajstić information content (AvgIpc) is 3.34. The predicted molar refractivity (Wildman–Crippen MR) is 133 cm³/mol. The highest BCUT2D eigenvalue weighted by Crippen LogP contribution is 2.28. The number of fused-ring (bicyclic) bond motifs is 1. The fourth-order valence-electron chi connectivity index (χ4n) is 3.09. The molecule has 7 nitrogen and oxygen atoms in total. The van der Waals surface area contributed by atoms with Crippen molar-refractivity contribution in [1.82, 2.24) is 18.9 Å². The number of hydrogen-bond acceptors (Lipinski definition) is 8. The maximum atomic E-state index is 13.0. The predicted octanol–water partition coefficient (Wildman–Crippen LogP) is 4.82. The summed E-state index contributed by atoms with van der Waals surface area (Å²) in [5, 5.41) is 4.59. The molecule has 0 saturated heterocycles. The number of hydrogen-bond donors (Lipinski definition) is 1. The van der Waals surface area contributed by atoms with Crippen LogP contribution >= 0.6 is 34.6 Å². The molecular weight excluding hydrogens is 462 g/mol. The van der Waals surface area contributed by atoms with Gasteiger partial charge < -0.3 is 0 Å². The summed E-state index contributed by atoms with van der Waals surface area (Å²) in [4.78, 5) is 36.3. The van der Waals surface area contributed by atoms with Crippen LogP contribution in [0.25, 0.3) is 20.8 Å².